The Morgan fingerprint density at radius 3 is 2.50 bits per heavy atom. The van der Waals surface area contributed by atoms with Gasteiger partial charge in [0.1, 0.15) is 6.04 Å². The van der Waals surface area contributed by atoms with E-state index in [-0.39, 0.29) is 17.8 Å². The Morgan fingerprint density at radius 2 is 2.06 bits per heavy atom. The molecule has 18 heavy (non-hydrogen) atoms. The molecule has 0 radical (unpaired) electrons. The molecule has 0 spiro atoms. The number of hydrogen-bond acceptors (Lipinski definition) is 4. The average Bonchev–Trinajstić information content (AvgIpc) is 3.18. The Labute approximate surface area is 108 Å². The van der Waals surface area contributed by atoms with Gasteiger partial charge in [-0.25, -0.2) is 4.79 Å². The van der Waals surface area contributed by atoms with E-state index in [0.29, 0.717) is 12.3 Å². The molecule has 0 aromatic heterocycles. The molecule has 1 saturated carbocycles. The zero-order valence-electron chi connectivity index (χ0n) is 11.4. The fourth-order valence-electron chi connectivity index (χ4n) is 1.82. The molecule has 1 aliphatic carbocycles. The lowest BCUT2D eigenvalue weighted by Crippen LogP contribution is -2.51. The molecule has 3 atom stereocenters. The van der Waals surface area contributed by atoms with Crippen LogP contribution in [0.25, 0.3) is 0 Å². The van der Waals surface area contributed by atoms with Crippen LogP contribution in [0.3, 0.4) is 0 Å². The van der Waals surface area contributed by atoms with Gasteiger partial charge in [0.15, 0.2) is 0 Å². The highest BCUT2D eigenvalue weighted by atomic mass is 16.5. The summed E-state index contributed by atoms with van der Waals surface area (Å²) >= 11 is 0. The summed E-state index contributed by atoms with van der Waals surface area (Å²) in [5, 5.41) is 2.72. The van der Waals surface area contributed by atoms with Crippen molar-refractivity contribution >= 4 is 11.9 Å². The minimum absolute atomic E-state index is 0.101. The lowest BCUT2D eigenvalue weighted by molar-refractivity contribution is -0.145. The monoisotopic (exact) mass is 256 g/mol. The van der Waals surface area contributed by atoms with E-state index in [1.807, 2.05) is 13.8 Å². The van der Waals surface area contributed by atoms with E-state index in [1.54, 1.807) is 0 Å². The fourth-order valence-corrected chi connectivity index (χ4v) is 1.82. The summed E-state index contributed by atoms with van der Waals surface area (Å²) in [6, 6.07) is -1.12. The minimum atomic E-state index is -0.568. The molecule has 0 aromatic carbocycles. The van der Waals surface area contributed by atoms with Gasteiger partial charge < -0.3 is 15.8 Å². The number of ether oxygens (including phenoxy) is 1. The van der Waals surface area contributed by atoms with Gasteiger partial charge in [-0.2, -0.15) is 0 Å². The van der Waals surface area contributed by atoms with Crippen LogP contribution < -0.4 is 11.1 Å². The van der Waals surface area contributed by atoms with Crippen LogP contribution in [0.4, 0.5) is 0 Å². The van der Waals surface area contributed by atoms with E-state index < -0.39 is 12.1 Å². The Balaban J connectivity index is 2.53. The summed E-state index contributed by atoms with van der Waals surface area (Å²) < 4.78 is 4.71. The Morgan fingerprint density at radius 1 is 1.44 bits per heavy atom. The van der Waals surface area contributed by atoms with Crippen molar-refractivity contribution in [1.29, 1.82) is 0 Å². The molecule has 5 nitrogen and oxygen atoms in total. The van der Waals surface area contributed by atoms with Crippen LogP contribution >= 0.6 is 0 Å². The Bertz CT molecular complexity index is 303. The number of methoxy groups -OCH3 is 1. The number of rotatable bonds is 7. The maximum absolute atomic E-state index is 11.9. The molecule has 0 heterocycles. The highest BCUT2D eigenvalue weighted by Crippen LogP contribution is 2.33. The molecule has 0 saturated heterocycles. The highest BCUT2D eigenvalue weighted by Gasteiger charge is 2.32. The number of esters is 1. The first-order valence-corrected chi connectivity index (χ1v) is 6.63. The second-order valence-corrected chi connectivity index (χ2v) is 5.17. The lowest BCUT2D eigenvalue weighted by atomic mass is 9.99. The molecule has 104 valence electrons. The van der Waals surface area contributed by atoms with E-state index in [1.165, 1.54) is 7.11 Å². The van der Waals surface area contributed by atoms with Crippen LogP contribution in [0.2, 0.25) is 0 Å². The smallest absolute Gasteiger partial charge is 0.328 e. The van der Waals surface area contributed by atoms with E-state index in [0.717, 1.165) is 19.3 Å². The molecule has 0 aliphatic heterocycles. The maximum atomic E-state index is 11.9. The van der Waals surface area contributed by atoms with Crippen molar-refractivity contribution in [3.05, 3.63) is 0 Å². The van der Waals surface area contributed by atoms with Crippen molar-refractivity contribution in [1.82, 2.24) is 5.32 Å². The molecule has 0 bridgehead atoms. The number of carbonyl (C=O) groups excluding carboxylic acids is 2. The molecular formula is C13H24N2O3. The molecule has 3 N–H and O–H groups in total. The Hall–Kier alpha value is -1.10. The van der Waals surface area contributed by atoms with Crippen LogP contribution in [0.5, 0.6) is 0 Å². The topological polar surface area (TPSA) is 81.4 Å². The van der Waals surface area contributed by atoms with E-state index >= 15 is 0 Å². The molecule has 0 aromatic rings. The average molecular weight is 256 g/mol. The molecule has 1 amide bonds. The van der Waals surface area contributed by atoms with Crippen molar-refractivity contribution in [2.45, 2.75) is 51.6 Å². The quantitative estimate of drug-likeness (QED) is 0.661. The third-order valence-electron chi connectivity index (χ3n) is 3.63. The summed E-state index contributed by atoms with van der Waals surface area (Å²) in [6.07, 6.45) is 3.74. The lowest BCUT2D eigenvalue weighted by Gasteiger charge is -2.22. The summed E-state index contributed by atoms with van der Waals surface area (Å²) in [4.78, 5) is 23.5. The maximum Gasteiger partial charge on any atom is 0.328 e. The third-order valence-corrected chi connectivity index (χ3v) is 3.63. The first-order chi connectivity index (χ1) is 8.49. The number of amides is 1. The van der Waals surface area contributed by atoms with Crippen LogP contribution in [0.15, 0.2) is 0 Å². The molecule has 1 rings (SSSR count). The van der Waals surface area contributed by atoms with Gasteiger partial charge in [-0.15, -0.1) is 0 Å². The normalized spacial score (nSPS) is 19.8. The van der Waals surface area contributed by atoms with Gasteiger partial charge in [0, 0.05) is 0 Å². The minimum Gasteiger partial charge on any atom is -0.467 e. The highest BCUT2D eigenvalue weighted by molar-refractivity contribution is 5.87. The summed E-state index contributed by atoms with van der Waals surface area (Å²) in [5.41, 5.74) is 5.84. The third kappa shape index (κ3) is 4.29. The van der Waals surface area contributed by atoms with Crippen LogP contribution in [-0.2, 0) is 14.3 Å². The molecule has 1 aliphatic rings. The van der Waals surface area contributed by atoms with Crippen LogP contribution in [-0.4, -0.2) is 31.1 Å². The summed E-state index contributed by atoms with van der Waals surface area (Å²) in [7, 11) is 1.34. The number of nitrogens with one attached hydrogen (secondary N) is 1. The standard InChI is InChI=1S/C13H24N2O3/c1-4-8(2)11(14)12(16)15-10(13(17)18-3)7-9-5-6-9/h8-11H,4-7,14H2,1-3H3,(H,15,16)/t8-,10-,11-/m0/s1. The largest absolute Gasteiger partial charge is 0.467 e. The van der Waals surface area contributed by atoms with Crippen molar-refractivity contribution in [3.8, 4) is 0 Å². The number of hydrogen-bond donors (Lipinski definition) is 2. The molecule has 5 heteroatoms. The van der Waals surface area contributed by atoms with Gasteiger partial charge in [-0.3, -0.25) is 4.79 Å². The number of carbonyl (C=O) groups is 2. The van der Waals surface area contributed by atoms with Crippen LogP contribution in [0, 0.1) is 11.8 Å². The van der Waals surface area contributed by atoms with Gasteiger partial charge in [0.2, 0.25) is 5.91 Å². The fraction of sp³-hybridized carbons (Fsp3) is 0.846. The van der Waals surface area contributed by atoms with Gasteiger partial charge >= 0.3 is 5.97 Å². The van der Waals surface area contributed by atoms with Gasteiger partial charge in [-0.05, 0) is 18.3 Å². The van der Waals surface area contributed by atoms with Gasteiger partial charge in [0.05, 0.1) is 13.2 Å². The van der Waals surface area contributed by atoms with Crippen molar-refractivity contribution in [2.75, 3.05) is 7.11 Å². The SMILES string of the molecule is CC[C@H](C)[C@H](N)C(=O)N[C@@H](CC1CC1)C(=O)OC. The van der Waals surface area contributed by atoms with Gasteiger partial charge in [-0.1, -0.05) is 33.1 Å². The first-order valence-electron chi connectivity index (χ1n) is 6.63. The van der Waals surface area contributed by atoms with E-state index in [4.69, 9.17) is 10.5 Å². The zero-order chi connectivity index (χ0) is 13.7. The van der Waals surface area contributed by atoms with Crippen molar-refractivity contribution in [2.24, 2.45) is 17.6 Å². The summed E-state index contributed by atoms with van der Waals surface area (Å²) in [6.45, 7) is 3.91. The van der Waals surface area contributed by atoms with E-state index in [2.05, 4.69) is 5.32 Å². The van der Waals surface area contributed by atoms with Gasteiger partial charge in [0.25, 0.3) is 0 Å². The second kappa shape index (κ2) is 6.73. The second-order valence-electron chi connectivity index (χ2n) is 5.17. The molecule has 0 unspecified atom stereocenters. The van der Waals surface area contributed by atoms with Crippen LogP contribution in [0.1, 0.15) is 39.5 Å². The van der Waals surface area contributed by atoms with Crippen molar-refractivity contribution in [3.63, 3.8) is 0 Å². The number of nitrogens with two attached hydrogens (primary N) is 1. The summed E-state index contributed by atoms with van der Waals surface area (Å²) in [5.74, 6) is -0.00885. The van der Waals surface area contributed by atoms with E-state index in [9.17, 15) is 9.59 Å². The Kier molecular flexibility index (Phi) is 5.59. The predicted molar refractivity (Wildman–Crippen MR) is 68.7 cm³/mol. The first kappa shape index (κ1) is 15.0. The predicted octanol–water partition coefficient (Wildman–Crippen LogP) is 0.818. The zero-order valence-corrected chi connectivity index (χ0v) is 11.4. The molecule has 1 fully saturated rings. The molecular weight excluding hydrogens is 232 g/mol. The van der Waals surface area contributed by atoms with Crippen molar-refractivity contribution < 1.29 is 14.3 Å².